The van der Waals surface area contributed by atoms with E-state index in [9.17, 15) is 19.8 Å². The fraction of sp³-hybridized carbons (Fsp3) is 0.583. The lowest BCUT2D eigenvalue weighted by Crippen LogP contribution is -2.51. The molecule has 1 aromatic heterocycles. The summed E-state index contributed by atoms with van der Waals surface area (Å²) >= 11 is 0. The van der Waals surface area contributed by atoms with Crippen LogP contribution in [0.4, 0.5) is 0 Å². The van der Waals surface area contributed by atoms with E-state index in [4.69, 9.17) is 0 Å². The molecule has 0 radical (unpaired) electrons. The molecule has 1 fully saturated rings. The van der Waals surface area contributed by atoms with Gasteiger partial charge in [0.1, 0.15) is 11.7 Å². The molecule has 0 aliphatic carbocycles. The summed E-state index contributed by atoms with van der Waals surface area (Å²) in [7, 11) is 1.70. The number of hydrogen-bond donors (Lipinski definition) is 3. The van der Waals surface area contributed by atoms with Gasteiger partial charge in [-0.25, -0.2) is 0 Å². The summed E-state index contributed by atoms with van der Waals surface area (Å²) in [6.45, 7) is 1.20. The molecular weight excluding hydrogens is 264 g/mol. The first-order chi connectivity index (χ1) is 9.32. The van der Waals surface area contributed by atoms with Gasteiger partial charge in [0.2, 0.25) is 5.91 Å². The zero-order valence-electron chi connectivity index (χ0n) is 11.4. The highest BCUT2D eigenvalue weighted by Gasteiger charge is 2.46. The Hall–Kier alpha value is -1.93. The van der Waals surface area contributed by atoms with Crippen molar-refractivity contribution in [3.8, 4) is 0 Å². The summed E-state index contributed by atoms with van der Waals surface area (Å²) in [6, 6.07) is 0. The molecule has 1 aliphatic rings. The van der Waals surface area contributed by atoms with Crippen molar-refractivity contribution in [1.82, 2.24) is 20.0 Å². The van der Waals surface area contributed by atoms with Crippen LogP contribution in [0.1, 0.15) is 17.3 Å². The van der Waals surface area contributed by atoms with E-state index >= 15 is 0 Å². The predicted octanol–water partition coefficient (Wildman–Crippen LogP) is -1.90. The number of carbonyl (C=O) groups excluding carboxylic acids is 2. The van der Waals surface area contributed by atoms with Gasteiger partial charge in [-0.15, -0.1) is 0 Å². The van der Waals surface area contributed by atoms with Gasteiger partial charge in [0, 0.05) is 26.7 Å². The molecule has 1 aromatic rings. The number of nitrogens with zero attached hydrogens (tertiary/aromatic N) is 3. The third kappa shape index (κ3) is 2.81. The lowest BCUT2D eigenvalue weighted by atomic mass is 10.0. The largest absolute Gasteiger partial charge is 0.388 e. The third-order valence-electron chi connectivity index (χ3n) is 3.36. The minimum Gasteiger partial charge on any atom is -0.388 e. The number of aryl methyl sites for hydroxylation is 1. The number of carbonyl (C=O) groups is 2. The molecule has 3 N–H and O–H groups in total. The highest BCUT2D eigenvalue weighted by Crippen LogP contribution is 2.23. The molecule has 2 atom stereocenters. The number of aliphatic hydroxyl groups is 2. The monoisotopic (exact) mass is 282 g/mol. The maximum Gasteiger partial charge on any atom is 0.257 e. The van der Waals surface area contributed by atoms with Crippen LogP contribution in [0.25, 0.3) is 0 Å². The van der Waals surface area contributed by atoms with Crippen molar-refractivity contribution in [1.29, 1.82) is 0 Å². The zero-order valence-corrected chi connectivity index (χ0v) is 11.4. The molecule has 0 unspecified atom stereocenters. The number of nitrogens with one attached hydrogen (secondary N) is 1. The Morgan fingerprint density at radius 2 is 2.30 bits per heavy atom. The molecule has 8 nitrogen and oxygen atoms in total. The SMILES string of the molecule is CC(=O)NC[C@]1(O)CN(C(=O)c2cnn(C)c2)C[C@H]1O. The molecule has 110 valence electrons. The smallest absolute Gasteiger partial charge is 0.257 e. The van der Waals surface area contributed by atoms with Crippen LogP contribution in [0.3, 0.4) is 0 Å². The van der Waals surface area contributed by atoms with E-state index in [0.29, 0.717) is 5.56 Å². The van der Waals surface area contributed by atoms with Crippen LogP contribution in [0.2, 0.25) is 0 Å². The van der Waals surface area contributed by atoms with E-state index in [0.717, 1.165) is 0 Å². The first-order valence-electron chi connectivity index (χ1n) is 6.24. The van der Waals surface area contributed by atoms with Crippen molar-refractivity contribution < 1.29 is 19.8 Å². The van der Waals surface area contributed by atoms with Crippen LogP contribution in [0.5, 0.6) is 0 Å². The summed E-state index contributed by atoms with van der Waals surface area (Å²) in [4.78, 5) is 24.4. The van der Waals surface area contributed by atoms with Gasteiger partial charge in [-0.05, 0) is 0 Å². The number of aliphatic hydroxyl groups excluding tert-OH is 1. The summed E-state index contributed by atoms with van der Waals surface area (Å²) in [6.07, 6.45) is 1.90. The molecule has 0 bridgehead atoms. The zero-order chi connectivity index (χ0) is 14.9. The molecule has 2 heterocycles. The second-order valence-electron chi connectivity index (χ2n) is 5.12. The average molecular weight is 282 g/mol. The Bertz CT molecular complexity index is 529. The molecule has 1 aliphatic heterocycles. The quantitative estimate of drug-likeness (QED) is 0.600. The molecule has 20 heavy (non-hydrogen) atoms. The van der Waals surface area contributed by atoms with E-state index in [-0.39, 0.29) is 31.4 Å². The number of β-amino-alcohol motifs (C(OH)–C–C–N with tert-alkyl or cyclic N) is 2. The normalized spacial score (nSPS) is 25.8. The van der Waals surface area contributed by atoms with Crippen LogP contribution in [-0.2, 0) is 11.8 Å². The van der Waals surface area contributed by atoms with Gasteiger partial charge in [-0.2, -0.15) is 5.10 Å². The van der Waals surface area contributed by atoms with Crippen molar-refractivity contribution >= 4 is 11.8 Å². The second-order valence-corrected chi connectivity index (χ2v) is 5.12. The van der Waals surface area contributed by atoms with Crippen LogP contribution >= 0.6 is 0 Å². The minimum atomic E-state index is -1.52. The summed E-state index contributed by atoms with van der Waals surface area (Å²) in [5.74, 6) is -0.612. The molecular formula is C12H18N4O4. The van der Waals surface area contributed by atoms with Crippen molar-refractivity contribution in [2.45, 2.75) is 18.6 Å². The molecule has 0 aromatic carbocycles. The van der Waals surface area contributed by atoms with Gasteiger partial charge in [0.15, 0.2) is 0 Å². The Morgan fingerprint density at radius 3 is 2.85 bits per heavy atom. The summed E-state index contributed by atoms with van der Waals surface area (Å²) < 4.78 is 1.50. The highest BCUT2D eigenvalue weighted by molar-refractivity contribution is 5.94. The number of hydrogen-bond acceptors (Lipinski definition) is 5. The van der Waals surface area contributed by atoms with Gasteiger partial charge in [-0.1, -0.05) is 0 Å². The topological polar surface area (TPSA) is 108 Å². The maximum atomic E-state index is 12.2. The molecule has 0 spiro atoms. The molecule has 0 saturated carbocycles. The van der Waals surface area contributed by atoms with Crippen LogP contribution in [0.15, 0.2) is 12.4 Å². The van der Waals surface area contributed by atoms with Crippen molar-refractivity contribution in [3.05, 3.63) is 18.0 Å². The molecule has 1 saturated heterocycles. The lowest BCUT2D eigenvalue weighted by molar-refractivity contribution is -0.121. The average Bonchev–Trinajstić information content (AvgIpc) is 2.92. The van der Waals surface area contributed by atoms with Crippen LogP contribution in [-0.4, -0.2) is 68.0 Å². The van der Waals surface area contributed by atoms with E-state index < -0.39 is 11.7 Å². The van der Waals surface area contributed by atoms with Gasteiger partial charge in [-0.3, -0.25) is 14.3 Å². The fourth-order valence-electron chi connectivity index (χ4n) is 2.20. The number of rotatable bonds is 3. The Labute approximate surface area is 116 Å². The van der Waals surface area contributed by atoms with Gasteiger partial charge in [0.05, 0.1) is 24.8 Å². The van der Waals surface area contributed by atoms with E-state index in [1.165, 1.54) is 22.7 Å². The molecule has 8 heteroatoms. The van der Waals surface area contributed by atoms with Crippen molar-refractivity contribution in [3.63, 3.8) is 0 Å². The number of amides is 2. The van der Waals surface area contributed by atoms with Gasteiger partial charge in [0.25, 0.3) is 5.91 Å². The highest BCUT2D eigenvalue weighted by atomic mass is 16.3. The third-order valence-corrected chi connectivity index (χ3v) is 3.36. The summed E-state index contributed by atoms with van der Waals surface area (Å²) in [5.41, 5.74) is -1.13. The maximum absolute atomic E-state index is 12.2. The molecule has 2 amide bonds. The predicted molar refractivity (Wildman–Crippen MR) is 68.8 cm³/mol. The Kier molecular flexibility index (Phi) is 3.78. The van der Waals surface area contributed by atoms with Crippen molar-refractivity contribution in [2.24, 2.45) is 7.05 Å². The van der Waals surface area contributed by atoms with Crippen LogP contribution < -0.4 is 5.32 Å². The van der Waals surface area contributed by atoms with Gasteiger partial charge >= 0.3 is 0 Å². The van der Waals surface area contributed by atoms with E-state index in [1.54, 1.807) is 13.2 Å². The van der Waals surface area contributed by atoms with Crippen LogP contribution in [0, 0.1) is 0 Å². The second kappa shape index (κ2) is 5.22. The number of aromatic nitrogens is 2. The lowest BCUT2D eigenvalue weighted by Gasteiger charge is -2.25. The number of likely N-dealkylation sites (tertiary alicyclic amines) is 1. The van der Waals surface area contributed by atoms with E-state index in [2.05, 4.69) is 10.4 Å². The summed E-state index contributed by atoms with van der Waals surface area (Å²) in [5, 5.41) is 26.6. The van der Waals surface area contributed by atoms with Crippen molar-refractivity contribution in [2.75, 3.05) is 19.6 Å². The minimum absolute atomic E-state index is 0.0177. The van der Waals surface area contributed by atoms with Gasteiger partial charge < -0.3 is 20.4 Å². The standard InChI is InChI=1S/C12H18N4O4/c1-8(17)13-6-12(20)7-16(5-10(12)18)11(19)9-3-14-15(2)4-9/h3-4,10,18,20H,5-7H2,1-2H3,(H,13,17)/t10-,12+/m1/s1. The Morgan fingerprint density at radius 1 is 1.60 bits per heavy atom. The van der Waals surface area contributed by atoms with E-state index in [1.807, 2.05) is 0 Å². The first-order valence-corrected chi connectivity index (χ1v) is 6.24. The molecule has 2 rings (SSSR count). The first kappa shape index (κ1) is 14.5. The fourth-order valence-corrected chi connectivity index (χ4v) is 2.20. The Balaban J connectivity index is 2.06.